The van der Waals surface area contributed by atoms with E-state index < -0.39 is 0 Å². The van der Waals surface area contributed by atoms with Crippen LogP contribution in [-0.4, -0.2) is 18.0 Å². The molecule has 1 aromatic heterocycles. The van der Waals surface area contributed by atoms with Crippen LogP contribution in [0, 0.1) is 0 Å². The van der Waals surface area contributed by atoms with Crippen LogP contribution in [0.3, 0.4) is 0 Å². The monoisotopic (exact) mass is 480 g/mol. The molecule has 2 N–H and O–H groups in total. The lowest BCUT2D eigenvalue weighted by Crippen LogP contribution is -2.38. The third-order valence-electron chi connectivity index (χ3n) is 4.19. The second-order valence-corrected chi connectivity index (χ2v) is 6.93. The zero-order chi connectivity index (χ0) is 17.6. The summed E-state index contributed by atoms with van der Waals surface area (Å²) in [4.78, 5) is 8.91. The average molecular weight is 480 g/mol. The second-order valence-electron chi connectivity index (χ2n) is 5.98. The minimum absolute atomic E-state index is 0. The van der Waals surface area contributed by atoms with Crippen molar-refractivity contribution in [3.05, 3.63) is 64.1 Å². The summed E-state index contributed by atoms with van der Waals surface area (Å²) in [5, 5.41) is 12.6. The lowest BCUT2D eigenvalue weighted by molar-refractivity contribution is 0.684. The van der Waals surface area contributed by atoms with Gasteiger partial charge in [0.15, 0.2) is 5.96 Å². The Morgan fingerprint density at radius 3 is 2.65 bits per heavy atom. The van der Waals surface area contributed by atoms with Crippen molar-refractivity contribution in [2.45, 2.75) is 32.9 Å². The molecule has 0 spiro atoms. The van der Waals surface area contributed by atoms with Gasteiger partial charge < -0.3 is 10.6 Å². The molecule has 3 rings (SSSR count). The first-order valence-corrected chi connectivity index (χ1v) is 9.46. The Bertz CT molecular complexity index is 875. The van der Waals surface area contributed by atoms with E-state index >= 15 is 0 Å². The molecule has 1 heterocycles. The van der Waals surface area contributed by atoms with Gasteiger partial charge in [0, 0.05) is 12.4 Å². The first-order valence-electron chi connectivity index (χ1n) is 8.58. The molecule has 0 radical (unpaired) electrons. The van der Waals surface area contributed by atoms with Crippen molar-refractivity contribution in [2.24, 2.45) is 4.99 Å². The van der Waals surface area contributed by atoms with Gasteiger partial charge in [-0.2, -0.15) is 0 Å². The van der Waals surface area contributed by atoms with Crippen molar-refractivity contribution in [1.29, 1.82) is 0 Å². The number of nitrogens with zero attached hydrogens (tertiary/aromatic N) is 2. The van der Waals surface area contributed by atoms with Crippen LogP contribution in [0.5, 0.6) is 0 Å². The van der Waals surface area contributed by atoms with E-state index in [-0.39, 0.29) is 30.0 Å². The zero-order valence-electron chi connectivity index (χ0n) is 15.3. The van der Waals surface area contributed by atoms with Crippen molar-refractivity contribution in [3.8, 4) is 0 Å². The molecule has 0 aliphatic heterocycles. The highest BCUT2D eigenvalue weighted by molar-refractivity contribution is 14.0. The van der Waals surface area contributed by atoms with Crippen LogP contribution in [0.1, 0.15) is 36.2 Å². The van der Waals surface area contributed by atoms with Crippen molar-refractivity contribution >= 4 is 52.0 Å². The third kappa shape index (κ3) is 5.17. The Hall–Kier alpha value is -1.67. The standard InChI is InChI=1S/C20H24N4S.HI/c1-4-19-24-18(13-25-19)12-22-20(21-3)23-14(2)16-10-9-15-7-5-6-8-17(15)11-16;/h5-11,13-14H,4,12H2,1-3H3,(H2,21,22,23);1H. The highest BCUT2D eigenvalue weighted by atomic mass is 127. The van der Waals surface area contributed by atoms with E-state index in [1.165, 1.54) is 21.3 Å². The fraction of sp³-hybridized carbons (Fsp3) is 0.300. The second kappa shape index (κ2) is 9.87. The number of fused-ring (bicyclic) bond motifs is 1. The van der Waals surface area contributed by atoms with E-state index in [4.69, 9.17) is 0 Å². The van der Waals surface area contributed by atoms with Crippen LogP contribution >= 0.6 is 35.3 Å². The minimum Gasteiger partial charge on any atom is -0.351 e. The fourth-order valence-corrected chi connectivity index (χ4v) is 3.47. The molecule has 0 amide bonds. The summed E-state index contributed by atoms with van der Waals surface area (Å²) in [7, 11) is 1.79. The number of rotatable bonds is 5. The van der Waals surface area contributed by atoms with Gasteiger partial charge in [-0.1, -0.05) is 43.3 Å². The van der Waals surface area contributed by atoms with Crippen molar-refractivity contribution < 1.29 is 0 Å². The van der Waals surface area contributed by atoms with Gasteiger partial charge in [-0.15, -0.1) is 35.3 Å². The van der Waals surface area contributed by atoms with Gasteiger partial charge in [0.2, 0.25) is 0 Å². The zero-order valence-corrected chi connectivity index (χ0v) is 18.5. The average Bonchev–Trinajstić information content (AvgIpc) is 3.12. The first-order chi connectivity index (χ1) is 12.2. The van der Waals surface area contributed by atoms with E-state index in [2.05, 4.69) is 82.3 Å². The molecule has 0 saturated heterocycles. The van der Waals surface area contributed by atoms with Gasteiger partial charge >= 0.3 is 0 Å². The highest BCUT2D eigenvalue weighted by Crippen LogP contribution is 2.20. The molecular weight excluding hydrogens is 455 g/mol. The highest BCUT2D eigenvalue weighted by Gasteiger charge is 2.09. The number of thiazole rings is 1. The number of aliphatic imine (C=N–C) groups is 1. The normalized spacial score (nSPS) is 12.5. The number of aromatic nitrogens is 1. The predicted octanol–water partition coefficient (Wildman–Crippen LogP) is 4.90. The summed E-state index contributed by atoms with van der Waals surface area (Å²) >= 11 is 1.71. The number of halogens is 1. The Morgan fingerprint density at radius 2 is 1.96 bits per heavy atom. The Morgan fingerprint density at radius 1 is 1.19 bits per heavy atom. The van der Waals surface area contributed by atoms with Crippen LogP contribution in [0.25, 0.3) is 10.8 Å². The van der Waals surface area contributed by atoms with Crippen molar-refractivity contribution in [3.63, 3.8) is 0 Å². The number of guanidine groups is 1. The Labute approximate surface area is 176 Å². The van der Waals surface area contributed by atoms with Gasteiger partial charge in [-0.25, -0.2) is 4.98 Å². The molecule has 4 nitrogen and oxygen atoms in total. The van der Waals surface area contributed by atoms with Crippen LogP contribution in [0.15, 0.2) is 52.8 Å². The quantitative estimate of drug-likeness (QED) is 0.310. The molecule has 6 heteroatoms. The summed E-state index contributed by atoms with van der Waals surface area (Å²) in [6.45, 7) is 4.96. The van der Waals surface area contributed by atoms with Crippen LogP contribution in [0.4, 0.5) is 0 Å². The van der Waals surface area contributed by atoms with Crippen LogP contribution < -0.4 is 10.6 Å². The summed E-state index contributed by atoms with van der Waals surface area (Å²) in [6, 6.07) is 15.1. The molecular formula is C20H25IN4S. The van der Waals surface area contributed by atoms with E-state index in [0.29, 0.717) is 6.54 Å². The molecule has 1 atom stereocenters. The van der Waals surface area contributed by atoms with Gasteiger partial charge in [-0.05, 0) is 35.7 Å². The number of benzene rings is 2. The van der Waals surface area contributed by atoms with E-state index in [1.807, 2.05) is 0 Å². The number of aryl methyl sites for hydroxylation is 1. The maximum absolute atomic E-state index is 4.58. The van der Waals surface area contributed by atoms with Gasteiger partial charge in [0.05, 0.1) is 23.3 Å². The smallest absolute Gasteiger partial charge is 0.191 e. The summed E-state index contributed by atoms with van der Waals surface area (Å²) in [6.07, 6.45) is 0.983. The van der Waals surface area contributed by atoms with Crippen molar-refractivity contribution in [2.75, 3.05) is 7.05 Å². The lowest BCUT2D eigenvalue weighted by Gasteiger charge is -2.18. The van der Waals surface area contributed by atoms with Gasteiger partial charge in [0.1, 0.15) is 0 Å². The number of nitrogens with one attached hydrogen (secondary N) is 2. The predicted molar refractivity (Wildman–Crippen MR) is 123 cm³/mol. The fourth-order valence-electron chi connectivity index (χ4n) is 2.73. The largest absolute Gasteiger partial charge is 0.351 e. The van der Waals surface area contributed by atoms with Crippen LogP contribution in [0.2, 0.25) is 0 Å². The molecule has 26 heavy (non-hydrogen) atoms. The lowest BCUT2D eigenvalue weighted by atomic mass is 10.0. The molecule has 138 valence electrons. The summed E-state index contributed by atoms with van der Waals surface area (Å²) < 4.78 is 0. The molecule has 0 aliphatic carbocycles. The number of hydrogen-bond acceptors (Lipinski definition) is 3. The molecule has 0 bridgehead atoms. The maximum Gasteiger partial charge on any atom is 0.191 e. The van der Waals surface area contributed by atoms with E-state index in [9.17, 15) is 0 Å². The topological polar surface area (TPSA) is 49.3 Å². The Kier molecular flexibility index (Phi) is 7.84. The van der Waals surface area contributed by atoms with Gasteiger partial charge in [-0.3, -0.25) is 4.99 Å². The molecule has 0 aliphatic rings. The van der Waals surface area contributed by atoms with E-state index in [0.717, 1.165) is 18.1 Å². The molecule has 0 saturated carbocycles. The third-order valence-corrected chi connectivity index (χ3v) is 5.23. The molecule has 3 aromatic rings. The molecule has 2 aromatic carbocycles. The van der Waals surface area contributed by atoms with Crippen molar-refractivity contribution in [1.82, 2.24) is 15.6 Å². The van der Waals surface area contributed by atoms with E-state index in [1.54, 1.807) is 18.4 Å². The maximum atomic E-state index is 4.58. The first kappa shape index (κ1) is 20.6. The SMILES string of the molecule is CCc1nc(CNC(=NC)NC(C)c2ccc3ccccc3c2)cs1.I. The summed E-state index contributed by atoms with van der Waals surface area (Å²) in [5.41, 5.74) is 2.30. The summed E-state index contributed by atoms with van der Waals surface area (Å²) in [5.74, 6) is 0.784. The van der Waals surface area contributed by atoms with Gasteiger partial charge in [0.25, 0.3) is 0 Å². The van der Waals surface area contributed by atoms with Crippen LogP contribution in [-0.2, 0) is 13.0 Å². The molecule has 1 unspecified atom stereocenters. The minimum atomic E-state index is 0. The number of hydrogen-bond donors (Lipinski definition) is 2. The Balaban J connectivity index is 0.00000243. The molecule has 0 fully saturated rings.